The molecule has 0 amide bonds. The first-order valence-electron chi connectivity index (χ1n) is 6.05. The van der Waals surface area contributed by atoms with Gasteiger partial charge in [-0.2, -0.15) is 0 Å². The molecule has 4 heteroatoms. The van der Waals surface area contributed by atoms with Crippen molar-refractivity contribution in [1.29, 1.82) is 0 Å². The van der Waals surface area contributed by atoms with Crippen molar-refractivity contribution >= 4 is 43.4 Å². The molecule has 0 aliphatic carbocycles. The number of para-hydroxylation sites is 1. The van der Waals surface area contributed by atoms with Crippen molar-refractivity contribution in [3.63, 3.8) is 0 Å². The van der Waals surface area contributed by atoms with Crippen molar-refractivity contribution in [3.05, 3.63) is 51.0 Å². The van der Waals surface area contributed by atoms with E-state index in [0.717, 1.165) is 20.5 Å². The van der Waals surface area contributed by atoms with E-state index in [1.165, 1.54) is 5.56 Å². The molecule has 1 aromatic carbocycles. The van der Waals surface area contributed by atoms with Crippen LogP contribution in [0.4, 0.5) is 11.5 Å². The van der Waals surface area contributed by atoms with E-state index < -0.39 is 0 Å². The number of aromatic nitrogens is 1. The van der Waals surface area contributed by atoms with Gasteiger partial charge in [0.1, 0.15) is 5.82 Å². The Kier molecular flexibility index (Phi) is 4.31. The van der Waals surface area contributed by atoms with E-state index in [9.17, 15) is 0 Å². The van der Waals surface area contributed by atoms with Gasteiger partial charge < -0.3 is 5.32 Å². The number of nitrogens with zero attached hydrogens (tertiary/aromatic N) is 1. The molecule has 0 saturated carbocycles. The number of pyridine rings is 1. The quantitative estimate of drug-likeness (QED) is 0.724. The molecule has 0 aliphatic rings. The largest absolute Gasteiger partial charge is 0.339 e. The van der Waals surface area contributed by atoms with Crippen molar-refractivity contribution in [1.82, 2.24) is 4.98 Å². The van der Waals surface area contributed by atoms with Crippen LogP contribution in [-0.2, 0) is 5.41 Å². The molecular weight excluding hydrogens is 368 g/mol. The highest BCUT2D eigenvalue weighted by Gasteiger charge is 2.18. The first kappa shape index (κ1) is 14.5. The van der Waals surface area contributed by atoms with Gasteiger partial charge in [-0.3, -0.25) is 0 Å². The number of hydrogen-bond acceptors (Lipinski definition) is 2. The summed E-state index contributed by atoms with van der Waals surface area (Å²) in [6.07, 6.45) is 1.78. The molecule has 0 unspecified atom stereocenters. The van der Waals surface area contributed by atoms with Gasteiger partial charge >= 0.3 is 0 Å². The Hall–Kier alpha value is -0.870. The van der Waals surface area contributed by atoms with Gasteiger partial charge in [-0.15, -0.1) is 0 Å². The highest BCUT2D eigenvalue weighted by Crippen LogP contribution is 2.33. The van der Waals surface area contributed by atoms with Gasteiger partial charge in [-0.1, -0.05) is 39.0 Å². The van der Waals surface area contributed by atoms with Crippen molar-refractivity contribution < 1.29 is 0 Å². The third kappa shape index (κ3) is 3.57. The summed E-state index contributed by atoms with van der Waals surface area (Å²) in [5.74, 6) is 0.819. The van der Waals surface area contributed by atoms with Crippen LogP contribution >= 0.6 is 31.9 Å². The van der Waals surface area contributed by atoms with Gasteiger partial charge in [0.05, 0.1) is 4.47 Å². The Morgan fingerprint density at radius 1 is 1.11 bits per heavy atom. The molecule has 0 atom stereocenters. The number of halogens is 2. The Bertz CT molecular complexity index is 589. The lowest BCUT2D eigenvalue weighted by Crippen LogP contribution is -2.13. The number of rotatable bonds is 2. The molecule has 0 aliphatic heterocycles. The smallest absolute Gasteiger partial charge is 0.144 e. The minimum Gasteiger partial charge on any atom is -0.339 e. The molecule has 1 aromatic heterocycles. The predicted molar refractivity (Wildman–Crippen MR) is 88.1 cm³/mol. The molecule has 2 aromatic rings. The molecule has 1 heterocycles. The van der Waals surface area contributed by atoms with Gasteiger partial charge in [0, 0.05) is 16.4 Å². The predicted octanol–water partition coefficient (Wildman–Crippen LogP) is 5.65. The van der Waals surface area contributed by atoms with Crippen molar-refractivity contribution in [3.8, 4) is 0 Å². The second kappa shape index (κ2) is 5.63. The molecule has 1 N–H and O–H groups in total. The SMILES string of the molecule is CC(C)(C)c1ccccc1Nc1ncc(Br)cc1Br. The van der Waals surface area contributed by atoms with E-state index >= 15 is 0 Å². The highest BCUT2D eigenvalue weighted by atomic mass is 79.9. The van der Waals surface area contributed by atoms with Gasteiger partial charge in [0.15, 0.2) is 0 Å². The monoisotopic (exact) mass is 382 g/mol. The van der Waals surface area contributed by atoms with Crippen LogP contribution in [0.25, 0.3) is 0 Å². The molecular formula is C15H16Br2N2. The maximum Gasteiger partial charge on any atom is 0.144 e. The summed E-state index contributed by atoms with van der Waals surface area (Å²) in [7, 11) is 0. The van der Waals surface area contributed by atoms with E-state index in [1.54, 1.807) is 6.20 Å². The summed E-state index contributed by atoms with van der Waals surface area (Å²) < 4.78 is 1.89. The molecule has 0 bridgehead atoms. The second-order valence-corrected chi connectivity index (χ2v) is 7.17. The zero-order chi connectivity index (χ0) is 14.0. The zero-order valence-electron chi connectivity index (χ0n) is 11.2. The average Bonchev–Trinajstić information content (AvgIpc) is 2.32. The van der Waals surface area contributed by atoms with E-state index in [4.69, 9.17) is 0 Å². The van der Waals surface area contributed by atoms with Crippen LogP contribution in [0, 0.1) is 0 Å². The van der Waals surface area contributed by atoms with E-state index in [0.29, 0.717) is 0 Å². The fourth-order valence-electron chi connectivity index (χ4n) is 1.88. The fraction of sp³-hybridized carbons (Fsp3) is 0.267. The van der Waals surface area contributed by atoms with E-state index in [2.05, 4.69) is 81.1 Å². The Balaban J connectivity index is 2.39. The van der Waals surface area contributed by atoms with Crippen molar-refractivity contribution in [2.45, 2.75) is 26.2 Å². The lowest BCUT2D eigenvalue weighted by Gasteiger charge is -2.23. The van der Waals surface area contributed by atoms with Gasteiger partial charge in [-0.05, 0) is 55.0 Å². The fourth-order valence-corrected chi connectivity index (χ4v) is 2.97. The van der Waals surface area contributed by atoms with Crippen molar-refractivity contribution in [2.24, 2.45) is 0 Å². The van der Waals surface area contributed by atoms with Crippen LogP contribution in [0.1, 0.15) is 26.3 Å². The van der Waals surface area contributed by atoms with Crippen LogP contribution in [0.3, 0.4) is 0 Å². The number of hydrogen-bond donors (Lipinski definition) is 1. The first-order chi connectivity index (χ1) is 8.88. The lowest BCUT2D eigenvalue weighted by molar-refractivity contribution is 0.592. The normalized spacial score (nSPS) is 11.4. The van der Waals surface area contributed by atoms with Crippen molar-refractivity contribution in [2.75, 3.05) is 5.32 Å². The summed E-state index contributed by atoms with van der Waals surface area (Å²) in [6, 6.07) is 10.3. The maximum absolute atomic E-state index is 4.39. The Labute approximate surface area is 130 Å². The maximum atomic E-state index is 4.39. The third-order valence-electron chi connectivity index (χ3n) is 2.80. The van der Waals surface area contributed by atoms with Crippen LogP contribution in [0.2, 0.25) is 0 Å². The minimum atomic E-state index is 0.0887. The van der Waals surface area contributed by atoms with Gasteiger partial charge in [0.25, 0.3) is 0 Å². The third-order valence-corrected chi connectivity index (χ3v) is 3.83. The Morgan fingerprint density at radius 2 is 1.79 bits per heavy atom. The first-order valence-corrected chi connectivity index (χ1v) is 7.64. The summed E-state index contributed by atoms with van der Waals surface area (Å²) in [6.45, 7) is 6.62. The summed E-state index contributed by atoms with van der Waals surface area (Å²) in [5.41, 5.74) is 2.45. The molecule has 0 saturated heterocycles. The molecule has 19 heavy (non-hydrogen) atoms. The minimum absolute atomic E-state index is 0.0887. The Morgan fingerprint density at radius 3 is 2.42 bits per heavy atom. The summed E-state index contributed by atoms with van der Waals surface area (Å²) in [5, 5.41) is 3.40. The molecule has 2 nitrogen and oxygen atoms in total. The van der Waals surface area contributed by atoms with Gasteiger partial charge in [0.2, 0.25) is 0 Å². The van der Waals surface area contributed by atoms with Crippen LogP contribution in [0.5, 0.6) is 0 Å². The summed E-state index contributed by atoms with van der Waals surface area (Å²) in [4.78, 5) is 4.39. The molecule has 2 rings (SSSR count). The van der Waals surface area contributed by atoms with Crippen LogP contribution in [-0.4, -0.2) is 4.98 Å². The summed E-state index contributed by atoms with van der Waals surface area (Å²) >= 11 is 6.93. The number of anilines is 2. The highest BCUT2D eigenvalue weighted by molar-refractivity contribution is 9.11. The molecule has 0 spiro atoms. The van der Waals surface area contributed by atoms with Gasteiger partial charge in [-0.25, -0.2) is 4.98 Å². The number of nitrogens with one attached hydrogen (secondary N) is 1. The lowest BCUT2D eigenvalue weighted by atomic mass is 9.86. The molecule has 0 fully saturated rings. The zero-order valence-corrected chi connectivity index (χ0v) is 14.3. The topological polar surface area (TPSA) is 24.9 Å². The molecule has 0 radical (unpaired) electrons. The number of benzene rings is 1. The molecule has 100 valence electrons. The van der Waals surface area contributed by atoms with E-state index in [1.807, 2.05) is 12.1 Å². The average molecular weight is 384 g/mol. The van der Waals surface area contributed by atoms with Crippen LogP contribution < -0.4 is 5.32 Å². The van der Waals surface area contributed by atoms with Crippen LogP contribution in [0.15, 0.2) is 45.5 Å². The van der Waals surface area contributed by atoms with E-state index in [-0.39, 0.29) is 5.41 Å². The standard InChI is InChI=1S/C15H16Br2N2/c1-15(2,3)11-6-4-5-7-13(11)19-14-12(17)8-10(16)9-18-14/h4-9H,1-3H3,(H,18,19). The second-order valence-electron chi connectivity index (χ2n) is 5.40.